The number of carbonyl (C=O) groups is 3. The van der Waals surface area contributed by atoms with Gasteiger partial charge in [0.1, 0.15) is 6.04 Å². The number of anilines is 1. The summed E-state index contributed by atoms with van der Waals surface area (Å²) >= 11 is 12.1. The molecule has 9 heteroatoms. The first-order chi connectivity index (χ1) is 13.8. The van der Waals surface area contributed by atoms with E-state index in [2.05, 4.69) is 16.0 Å². The van der Waals surface area contributed by atoms with Gasteiger partial charge in [0.2, 0.25) is 5.91 Å². The van der Waals surface area contributed by atoms with Gasteiger partial charge >= 0.3 is 5.97 Å². The van der Waals surface area contributed by atoms with Gasteiger partial charge in [0, 0.05) is 12.1 Å². The summed E-state index contributed by atoms with van der Waals surface area (Å²) in [6, 6.07) is 10.1. The lowest BCUT2D eigenvalue weighted by Gasteiger charge is -2.27. The Balaban J connectivity index is 1.63. The lowest BCUT2D eigenvalue weighted by molar-refractivity contribution is -0.142. The Bertz CT molecular complexity index is 910. The summed E-state index contributed by atoms with van der Waals surface area (Å²) in [6.45, 7) is 0.752. The van der Waals surface area contributed by atoms with Crippen molar-refractivity contribution in [1.29, 1.82) is 0 Å². The largest absolute Gasteiger partial charge is 0.480 e. The van der Waals surface area contributed by atoms with Crippen LogP contribution < -0.4 is 16.0 Å². The number of carboxylic acid groups (broad SMARTS) is 1. The van der Waals surface area contributed by atoms with E-state index in [1.54, 1.807) is 42.5 Å². The van der Waals surface area contributed by atoms with Gasteiger partial charge in [0.15, 0.2) is 0 Å². The molecule has 2 amide bonds. The highest BCUT2D eigenvalue weighted by molar-refractivity contribution is 6.40. The summed E-state index contributed by atoms with van der Waals surface area (Å²) in [5, 5.41) is 18.1. The SMILES string of the molecule is O=C(Nc1ccc(C[C@H](NC(=O)[C@@H]2CCN2)C(=O)O)cc1)c1c(Cl)cccc1Cl. The molecule has 0 aliphatic carbocycles. The van der Waals surface area contributed by atoms with Gasteiger partial charge in [-0.1, -0.05) is 41.4 Å². The number of carboxylic acids is 1. The van der Waals surface area contributed by atoms with Crippen molar-refractivity contribution >= 4 is 46.7 Å². The Hall–Kier alpha value is -2.61. The molecule has 1 aliphatic rings. The zero-order valence-electron chi connectivity index (χ0n) is 15.2. The van der Waals surface area contributed by atoms with E-state index in [-0.39, 0.29) is 34.0 Å². The third-order valence-electron chi connectivity index (χ3n) is 4.60. The number of carbonyl (C=O) groups excluding carboxylic acids is 2. The lowest BCUT2D eigenvalue weighted by Crippen LogP contribution is -2.56. The summed E-state index contributed by atoms with van der Waals surface area (Å²) in [5.41, 5.74) is 1.38. The second-order valence-electron chi connectivity index (χ2n) is 6.65. The van der Waals surface area contributed by atoms with Crippen LogP contribution in [0.1, 0.15) is 22.3 Å². The standard InChI is InChI=1S/C20H19Cl2N3O4/c21-13-2-1-3-14(22)17(13)19(27)24-12-6-4-11(5-7-12)10-16(20(28)29)25-18(26)15-8-9-23-15/h1-7,15-16,23H,8-10H2,(H,24,27)(H,25,26)(H,28,29)/t15-,16-/m0/s1. The van der Waals surface area contributed by atoms with Crippen molar-refractivity contribution in [2.75, 3.05) is 11.9 Å². The van der Waals surface area contributed by atoms with Crippen LogP contribution in [0.3, 0.4) is 0 Å². The minimum atomic E-state index is -1.11. The highest BCUT2D eigenvalue weighted by Gasteiger charge is 2.28. The van der Waals surface area contributed by atoms with Gasteiger partial charge in [-0.15, -0.1) is 0 Å². The van der Waals surface area contributed by atoms with Crippen LogP contribution in [-0.2, 0) is 16.0 Å². The molecule has 2 aromatic carbocycles. The Kier molecular flexibility index (Phi) is 6.74. The number of benzene rings is 2. The number of amides is 2. The molecular formula is C20H19Cl2N3O4. The van der Waals surface area contributed by atoms with Crippen LogP contribution in [0.25, 0.3) is 0 Å². The van der Waals surface area contributed by atoms with Crippen molar-refractivity contribution in [2.24, 2.45) is 0 Å². The first kappa shape index (κ1) is 21.1. The molecule has 152 valence electrons. The fourth-order valence-electron chi connectivity index (χ4n) is 2.85. The van der Waals surface area contributed by atoms with Crippen molar-refractivity contribution in [3.8, 4) is 0 Å². The summed E-state index contributed by atoms with van der Waals surface area (Å²) in [5.74, 6) is -1.87. The Morgan fingerprint density at radius 2 is 1.72 bits per heavy atom. The molecule has 0 saturated carbocycles. The molecule has 4 N–H and O–H groups in total. The Morgan fingerprint density at radius 3 is 2.24 bits per heavy atom. The summed E-state index contributed by atoms with van der Waals surface area (Å²) < 4.78 is 0. The van der Waals surface area contributed by atoms with Crippen molar-refractivity contribution in [2.45, 2.75) is 24.9 Å². The number of nitrogens with one attached hydrogen (secondary N) is 3. The molecule has 1 saturated heterocycles. The molecule has 7 nitrogen and oxygen atoms in total. The molecule has 0 spiro atoms. The van der Waals surface area contributed by atoms with Crippen LogP contribution in [0.15, 0.2) is 42.5 Å². The van der Waals surface area contributed by atoms with Crippen LogP contribution in [0, 0.1) is 0 Å². The van der Waals surface area contributed by atoms with Crippen LogP contribution in [0.4, 0.5) is 5.69 Å². The van der Waals surface area contributed by atoms with E-state index in [1.165, 1.54) is 0 Å². The third kappa shape index (κ3) is 5.26. The van der Waals surface area contributed by atoms with E-state index < -0.39 is 17.9 Å². The van der Waals surface area contributed by atoms with Gasteiger partial charge in [-0.05, 0) is 42.8 Å². The zero-order valence-corrected chi connectivity index (χ0v) is 16.8. The molecule has 0 bridgehead atoms. The monoisotopic (exact) mass is 435 g/mol. The normalized spacial score (nSPS) is 16.4. The van der Waals surface area contributed by atoms with Gasteiger partial charge in [0.05, 0.1) is 21.7 Å². The fourth-order valence-corrected chi connectivity index (χ4v) is 3.42. The maximum absolute atomic E-state index is 12.4. The first-order valence-corrected chi connectivity index (χ1v) is 9.71. The molecule has 1 heterocycles. The minimum absolute atomic E-state index is 0.123. The Labute approximate surface area is 177 Å². The molecular weight excluding hydrogens is 417 g/mol. The highest BCUT2D eigenvalue weighted by atomic mass is 35.5. The molecule has 0 unspecified atom stereocenters. The van der Waals surface area contributed by atoms with Crippen LogP contribution >= 0.6 is 23.2 Å². The minimum Gasteiger partial charge on any atom is -0.480 e. The van der Waals surface area contributed by atoms with Gasteiger partial charge in [-0.3, -0.25) is 9.59 Å². The molecule has 29 heavy (non-hydrogen) atoms. The van der Waals surface area contributed by atoms with Crippen LogP contribution in [-0.4, -0.2) is 41.5 Å². The van der Waals surface area contributed by atoms with E-state index in [0.717, 1.165) is 6.54 Å². The first-order valence-electron chi connectivity index (χ1n) is 8.96. The number of hydrogen-bond acceptors (Lipinski definition) is 4. The topological polar surface area (TPSA) is 108 Å². The number of rotatable bonds is 7. The lowest BCUT2D eigenvalue weighted by atomic mass is 10.0. The average Bonchev–Trinajstić information content (AvgIpc) is 2.61. The maximum atomic E-state index is 12.4. The molecule has 1 aliphatic heterocycles. The number of aliphatic carboxylic acids is 1. The molecule has 3 rings (SSSR count). The predicted octanol–water partition coefficient (Wildman–Crippen LogP) is 2.72. The quantitative estimate of drug-likeness (QED) is 0.534. The predicted molar refractivity (Wildman–Crippen MR) is 111 cm³/mol. The van der Waals surface area contributed by atoms with E-state index in [1.807, 2.05) is 0 Å². The van der Waals surface area contributed by atoms with Crippen molar-refractivity contribution in [1.82, 2.24) is 10.6 Å². The van der Waals surface area contributed by atoms with E-state index in [9.17, 15) is 19.5 Å². The van der Waals surface area contributed by atoms with E-state index in [4.69, 9.17) is 23.2 Å². The molecule has 0 aromatic heterocycles. The third-order valence-corrected chi connectivity index (χ3v) is 5.23. The number of hydrogen-bond donors (Lipinski definition) is 4. The second kappa shape index (κ2) is 9.26. The van der Waals surface area contributed by atoms with Crippen molar-refractivity contribution in [3.63, 3.8) is 0 Å². The average molecular weight is 436 g/mol. The van der Waals surface area contributed by atoms with E-state index in [0.29, 0.717) is 17.7 Å². The second-order valence-corrected chi connectivity index (χ2v) is 7.46. The van der Waals surface area contributed by atoms with E-state index >= 15 is 0 Å². The fraction of sp³-hybridized carbons (Fsp3) is 0.250. The van der Waals surface area contributed by atoms with Gasteiger partial charge in [-0.2, -0.15) is 0 Å². The smallest absolute Gasteiger partial charge is 0.326 e. The van der Waals surface area contributed by atoms with Gasteiger partial charge in [-0.25, -0.2) is 4.79 Å². The summed E-state index contributed by atoms with van der Waals surface area (Å²) in [6.07, 6.45) is 0.820. The van der Waals surface area contributed by atoms with Crippen molar-refractivity contribution < 1.29 is 19.5 Å². The number of halogens is 2. The molecule has 2 atom stereocenters. The van der Waals surface area contributed by atoms with Gasteiger partial charge < -0.3 is 21.1 Å². The summed E-state index contributed by atoms with van der Waals surface area (Å²) in [4.78, 5) is 35.9. The summed E-state index contributed by atoms with van der Waals surface area (Å²) in [7, 11) is 0. The van der Waals surface area contributed by atoms with Gasteiger partial charge in [0.25, 0.3) is 5.91 Å². The zero-order chi connectivity index (χ0) is 21.0. The van der Waals surface area contributed by atoms with Crippen LogP contribution in [0.5, 0.6) is 0 Å². The Morgan fingerprint density at radius 1 is 1.10 bits per heavy atom. The molecule has 1 fully saturated rings. The maximum Gasteiger partial charge on any atom is 0.326 e. The van der Waals surface area contributed by atoms with Crippen LogP contribution in [0.2, 0.25) is 10.0 Å². The highest BCUT2D eigenvalue weighted by Crippen LogP contribution is 2.25. The molecule has 0 radical (unpaired) electrons. The molecule has 2 aromatic rings. The van der Waals surface area contributed by atoms with Crippen molar-refractivity contribution in [3.05, 3.63) is 63.6 Å².